The van der Waals surface area contributed by atoms with Crippen LogP contribution in [0.5, 0.6) is 5.75 Å². The summed E-state index contributed by atoms with van der Waals surface area (Å²) in [4.78, 5) is 0.244. The lowest BCUT2D eigenvalue weighted by molar-refractivity contribution is 0.0681. The van der Waals surface area contributed by atoms with Gasteiger partial charge in [-0.2, -0.15) is 4.31 Å². The van der Waals surface area contributed by atoms with Crippen molar-refractivity contribution in [2.75, 3.05) is 13.7 Å². The molecule has 132 valence electrons. The van der Waals surface area contributed by atoms with Crippen molar-refractivity contribution in [2.45, 2.75) is 24.1 Å². The fourth-order valence-corrected chi connectivity index (χ4v) is 4.49. The summed E-state index contributed by atoms with van der Waals surface area (Å²) in [5, 5.41) is 0. The molecule has 0 aromatic heterocycles. The van der Waals surface area contributed by atoms with Gasteiger partial charge in [0.1, 0.15) is 5.75 Å². The average Bonchev–Trinajstić information content (AvgIpc) is 3.07. The second-order valence-corrected chi connectivity index (χ2v) is 7.75. The van der Waals surface area contributed by atoms with Crippen molar-refractivity contribution in [1.82, 2.24) is 4.31 Å². The summed E-state index contributed by atoms with van der Waals surface area (Å²) in [7, 11) is -2.14. The molecule has 0 radical (unpaired) electrons. The topological polar surface area (TPSA) is 55.8 Å². The van der Waals surface area contributed by atoms with E-state index in [0.717, 1.165) is 11.1 Å². The van der Waals surface area contributed by atoms with Crippen LogP contribution in [0.2, 0.25) is 0 Å². The van der Waals surface area contributed by atoms with Gasteiger partial charge in [0.25, 0.3) is 0 Å². The Morgan fingerprint density at radius 3 is 2.36 bits per heavy atom. The van der Waals surface area contributed by atoms with E-state index in [4.69, 9.17) is 9.47 Å². The molecule has 0 spiro atoms. The lowest BCUT2D eigenvalue weighted by Gasteiger charge is -2.26. The van der Waals surface area contributed by atoms with Crippen molar-refractivity contribution in [3.8, 4) is 5.75 Å². The van der Waals surface area contributed by atoms with Crippen LogP contribution in [0.25, 0.3) is 0 Å². The van der Waals surface area contributed by atoms with Crippen LogP contribution in [0.1, 0.15) is 17.4 Å². The SMILES string of the molecule is C=CC1COC(c2ccc(OC)cc2)N1S(=O)(=O)c1ccc(C)cc1. The number of aryl methyl sites for hydroxylation is 1. The summed E-state index contributed by atoms with van der Waals surface area (Å²) in [5.74, 6) is 0.704. The van der Waals surface area contributed by atoms with E-state index in [0.29, 0.717) is 5.75 Å². The van der Waals surface area contributed by atoms with E-state index in [1.807, 2.05) is 19.1 Å². The maximum Gasteiger partial charge on any atom is 0.246 e. The van der Waals surface area contributed by atoms with E-state index in [-0.39, 0.29) is 11.5 Å². The van der Waals surface area contributed by atoms with E-state index < -0.39 is 22.3 Å². The molecule has 0 bridgehead atoms. The van der Waals surface area contributed by atoms with E-state index in [9.17, 15) is 8.42 Å². The molecule has 1 saturated heterocycles. The maximum absolute atomic E-state index is 13.2. The van der Waals surface area contributed by atoms with Gasteiger partial charge in [-0.1, -0.05) is 35.9 Å². The molecule has 1 heterocycles. The quantitative estimate of drug-likeness (QED) is 0.769. The Hall–Kier alpha value is -2.15. The summed E-state index contributed by atoms with van der Waals surface area (Å²) < 4.78 is 38.7. The number of methoxy groups -OCH3 is 1. The molecule has 2 unspecified atom stereocenters. The molecule has 1 fully saturated rings. The van der Waals surface area contributed by atoms with E-state index in [1.54, 1.807) is 49.6 Å². The first-order valence-electron chi connectivity index (χ1n) is 7.95. The molecule has 0 aliphatic carbocycles. The highest BCUT2D eigenvalue weighted by Crippen LogP contribution is 2.37. The zero-order chi connectivity index (χ0) is 18.0. The third-order valence-electron chi connectivity index (χ3n) is 4.25. The molecule has 2 atom stereocenters. The van der Waals surface area contributed by atoms with Gasteiger partial charge in [-0.15, -0.1) is 6.58 Å². The van der Waals surface area contributed by atoms with Gasteiger partial charge in [-0.05, 0) is 36.8 Å². The highest BCUT2D eigenvalue weighted by Gasteiger charge is 2.42. The average molecular weight is 359 g/mol. The minimum absolute atomic E-state index is 0.244. The third kappa shape index (κ3) is 3.33. The van der Waals surface area contributed by atoms with Crippen LogP contribution in [-0.2, 0) is 14.8 Å². The zero-order valence-electron chi connectivity index (χ0n) is 14.3. The maximum atomic E-state index is 13.2. The largest absolute Gasteiger partial charge is 0.497 e. The van der Waals surface area contributed by atoms with Gasteiger partial charge in [0, 0.05) is 0 Å². The van der Waals surface area contributed by atoms with Gasteiger partial charge in [0.15, 0.2) is 6.23 Å². The zero-order valence-corrected chi connectivity index (χ0v) is 15.1. The van der Waals surface area contributed by atoms with Gasteiger partial charge < -0.3 is 9.47 Å². The first-order valence-corrected chi connectivity index (χ1v) is 9.39. The molecule has 0 N–H and O–H groups in total. The highest BCUT2D eigenvalue weighted by atomic mass is 32.2. The number of benzene rings is 2. The number of rotatable bonds is 5. The normalized spacial score (nSPS) is 21.2. The Balaban J connectivity index is 2.01. The summed E-state index contributed by atoms with van der Waals surface area (Å²) in [5.41, 5.74) is 1.75. The van der Waals surface area contributed by atoms with Crippen molar-refractivity contribution >= 4 is 10.0 Å². The summed E-state index contributed by atoms with van der Waals surface area (Å²) >= 11 is 0. The predicted molar refractivity (Wildman–Crippen MR) is 95.9 cm³/mol. The van der Waals surface area contributed by atoms with E-state index >= 15 is 0 Å². The summed E-state index contributed by atoms with van der Waals surface area (Å²) in [6.45, 7) is 5.95. The van der Waals surface area contributed by atoms with Crippen LogP contribution in [0.4, 0.5) is 0 Å². The second-order valence-electron chi connectivity index (χ2n) is 5.91. The number of nitrogens with zero attached hydrogens (tertiary/aromatic N) is 1. The second kappa shape index (κ2) is 7.00. The minimum atomic E-state index is -3.72. The van der Waals surface area contributed by atoms with Crippen LogP contribution >= 0.6 is 0 Å². The number of hydrogen-bond acceptors (Lipinski definition) is 4. The molecule has 6 heteroatoms. The van der Waals surface area contributed by atoms with Crippen molar-refractivity contribution < 1.29 is 17.9 Å². The minimum Gasteiger partial charge on any atom is -0.497 e. The summed E-state index contributed by atoms with van der Waals surface area (Å²) in [6, 6.07) is 13.6. The van der Waals surface area contributed by atoms with E-state index in [2.05, 4.69) is 6.58 Å². The first-order chi connectivity index (χ1) is 12.0. The smallest absolute Gasteiger partial charge is 0.246 e. The monoisotopic (exact) mass is 359 g/mol. The van der Waals surface area contributed by atoms with Crippen LogP contribution in [-0.4, -0.2) is 32.5 Å². The molecule has 5 nitrogen and oxygen atoms in total. The Bertz CT molecular complexity index is 844. The summed E-state index contributed by atoms with van der Waals surface area (Å²) in [6.07, 6.45) is 0.912. The molecule has 1 aliphatic heterocycles. The molecule has 3 rings (SSSR count). The first kappa shape index (κ1) is 17.7. The fraction of sp³-hybridized carbons (Fsp3) is 0.263. The van der Waals surface area contributed by atoms with Crippen molar-refractivity contribution in [3.63, 3.8) is 0 Å². The standard InChI is InChI=1S/C19H21NO4S/c1-4-16-13-24-19(15-7-9-17(23-3)10-8-15)20(16)25(21,22)18-11-5-14(2)6-12-18/h4-12,16,19H,1,13H2,2-3H3. The molecule has 2 aromatic rings. The van der Waals surface area contributed by atoms with E-state index in [1.165, 1.54) is 4.31 Å². The molecule has 25 heavy (non-hydrogen) atoms. The number of sulfonamides is 1. The van der Waals surface area contributed by atoms with Crippen LogP contribution in [0, 0.1) is 6.92 Å². The predicted octanol–water partition coefficient (Wildman–Crippen LogP) is 3.28. The van der Waals surface area contributed by atoms with Crippen molar-refractivity contribution in [1.29, 1.82) is 0 Å². The Morgan fingerprint density at radius 2 is 1.80 bits per heavy atom. The van der Waals surface area contributed by atoms with Gasteiger partial charge in [0.05, 0.1) is 24.7 Å². The molecule has 0 saturated carbocycles. The van der Waals surface area contributed by atoms with Gasteiger partial charge in [0.2, 0.25) is 10.0 Å². The highest BCUT2D eigenvalue weighted by molar-refractivity contribution is 7.89. The van der Waals surface area contributed by atoms with Gasteiger partial charge >= 0.3 is 0 Å². The molecular weight excluding hydrogens is 338 g/mol. The molecular formula is C19H21NO4S. The van der Waals surface area contributed by atoms with Gasteiger partial charge in [-0.3, -0.25) is 0 Å². The molecule has 0 amide bonds. The lowest BCUT2D eigenvalue weighted by Crippen LogP contribution is -2.37. The third-order valence-corrected chi connectivity index (χ3v) is 6.14. The Kier molecular flexibility index (Phi) is 4.94. The fourth-order valence-electron chi connectivity index (χ4n) is 2.83. The number of ether oxygens (including phenoxy) is 2. The van der Waals surface area contributed by atoms with Crippen LogP contribution in [0.3, 0.4) is 0 Å². The lowest BCUT2D eigenvalue weighted by atomic mass is 10.2. The molecule has 1 aliphatic rings. The Morgan fingerprint density at radius 1 is 1.16 bits per heavy atom. The van der Waals surface area contributed by atoms with Crippen molar-refractivity contribution in [2.24, 2.45) is 0 Å². The van der Waals surface area contributed by atoms with Crippen LogP contribution < -0.4 is 4.74 Å². The van der Waals surface area contributed by atoms with Crippen molar-refractivity contribution in [3.05, 3.63) is 72.3 Å². The van der Waals surface area contributed by atoms with Gasteiger partial charge in [-0.25, -0.2) is 8.42 Å². The number of hydrogen-bond donors (Lipinski definition) is 0. The van der Waals surface area contributed by atoms with Crippen LogP contribution in [0.15, 0.2) is 66.1 Å². The molecule has 2 aromatic carbocycles. The Labute approximate surface area is 148 Å².